The van der Waals surface area contributed by atoms with Crippen LogP contribution in [0.5, 0.6) is 0 Å². The lowest BCUT2D eigenvalue weighted by Gasteiger charge is -2.03. The van der Waals surface area contributed by atoms with Crippen molar-refractivity contribution in [1.82, 2.24) is 24.7 Å². The van der Waals surface area contributed by atoms with E-state index in [4.69, 9.17) is 5.11 Å². The predicted molar refractivity (Wildman–Crippen MR) is 69.0 cm³/mol. The summed E-state index contributed by atoms with van der Waals surface area (Å²) < 4.78 is 27.5. The summed E-state index contributed by atoms with van der Waals surface area (Å²) in [6, 6.07) is 0. The Balaban J connectivity index is 1.93. The lowest BCUT2D eigenvalue weighted by Crippen LogP contribution is -2.27. The van der Waals surface area contributed by atoms with Gasteiger partial charge in [-0.05, 0) is 6.92 Å². The van der Waals surface area contributed by atoms with Crippen molar-refractivity contribution in [2.24, 2.45) is 0 Å². The molecule has 0 spiro atoms. The molecular weight excluding hydrogens is 306 g/mol. The highest BCUT2D eigenvalue weighted by Crippen LogP contribution is 2.17. The number of thiazole rings is 1. The van der Waals surface area contributed by atoms with Gasteiger partial charge in [0.15, 0.2) is 9.90 Å². The Kier molecular flexibility index (Phi) is 4.11. The fourth-order valence-corrected chi connectivity index (χ4v) is 3.51. The molecule has 0 aliphatic heterocycles. The van der Waals surface area contributed by atoms with Crippen LogP contribution in [0.15, 0.2) is 16.6 Å². The molecule has 0 aliphatic rings. The van der Waals surface area contributed by atoms with Gasteiger partial charge in [0.1, 0.15) is 0 Å². The van der Waals surface area contributed by atoms with Crippen molar-refractivity contribution in [3.63, 3.8) is 0 Å². The molecule has 0 amide bonds. The van der Waals surface area contributed by atoms with E-state index in [9.17, 15) is 13.2 Å². The Labute approximate surface area is 118 Å². The second-order valence-electron chi connectivity index (χ2n) is 3.77. The maximum absolute atomic E-state index is 11.9. The number of nitrogens with zero attached hydrogens (tertiary/aromatic N) is 4. The molecule has 2 aromatic heterocycles. The average Bonchev–Trinajstić information content (AvgIpc) is 2.98. The van der Waals surface area contributed by atoms with E-state index >= 15 is 0 Å². The molecule has 2 aromatic rings. The molecule has 2 rings (SSSR count). The summed E-state index contributed by atoms with van der Waals surface area (Å²) in [5, 5.41) is 16.3. The number of carboxylic acid groups (broad SMARTS) is 1. The van der Waals surface area contributed by atoms with Crippen LogP contribution in [0.1, 0.15) is 15.5 Å². The van der Waals surface area contributed by atoms with Gasteiger partial charge in [-0.1, -0.05) is 5.21 Å². The highest BCUT2D eigenvalue weighted by atomic mass is 32.2. The molecule has 0 fully saturated rings. The number of aromatic carboxylic acids is 1. The van der Waals surface area contributed by atoms with Gasteiger partial charge < -0.3 is 5.11 Å². The fraction of sp³-hybridized carbons (Fsp3) is 0.333. The molecule has 11 heteroatoms. The summed E-state index contributed by atoms with van der Waals surface area (Å²) in [6.45, 7) is 1.96. The van der Waals surface area contributed by atoms with Gasteiger partial charge in [0.2, 0.25) is 0 Å². The van der Waals surface area contributed by atoms with Gasteiger partial charge in [-0.15, -0.1) is 16.4 Å². The number of hydrogen-bond donors (Lipinski definition) is 2. The van der Waals surface area contributed by atoms with Gasteiger partial charge in [0, 0.05) is 6.54 Å². The third kappa shape index (κ3) is 3.37. The maximum Gasteiger partial charge on any atom is 0.358 e. The Morgan fingerprint density at radius 2 is 2.30 bits per heavy atom. The maximum atomic E-state index is 11.9. The Hall–Kier alpha value is -1.85. The van der Waals surface area contributed by atoms with Crippen LogP contribution in [0, 0.1) is 6.92 Å². The summed E-state index contributed by atoms with van der Waals surface area (Å²) in [7, 11) is -3.59. The second-order valence-corrected chi connectivity index (χ2v) is 7.00. The topological polar surface area (TPSA) is 127 Å². The van der Waals surface area contributed by atoms with Crippen molar-refractivity contribution in [2.75, 3.05) is 6.54 Å². The summed E-state index contributed by atoms with van der Waals surface area (Å²) in [5.41, 5.74) is -0.189. The van der Waals surface area contributed by atoms with Crippen LogP contribution < -0.4 is 4.72 Å². The van der Waals surface area contributed by atoms with Crippen molar-refractivity contribution in [2.45, 2.75) is 17.7 Å². The zero-order valence-corrected chi connectivity index (χ0v) is 12.0. The van der Waals surface area contributed by atoms with Gasteiger partial charge in [-0.25, -0.2) is 22.9 Å². The number of rotatable bonds is 6. The summed E-state index contributed by atoms with van der Waals surface area (Å²) in [5.74, 6) is -1.18. The molecule has 2 heterocycles. The minimum atomic E-state index is -3.59. The third-order valence-electron chi connectivity index (χ3n) is 2.26. The first kappa shape index (κ1) is 14.6. The third-order valence-corrected chi connectivity index (χ3v) is 5.09. The van der Waals surface area contributed by atoms with E-state index in [1.165, 1.54) is 17.1 Å². The number of hydrogen-bond acceptors (Lipinski definition) is 7. The molecule has 108 valence electrons. The quantitative estimate of drug-likeness (QED) is 0.750. The molecular formula is C9H11N5O4S2. The number of carboxylic acids is 1. The zero-order chi connectivity index (χ0) is 14.8. The Bertz CT molecular complexity index is 720. The van der Waals surface area contributed by atoms with Crippen molar-refractivity contribution in [3.05, 3.63) is 23.1 Å². The van der Waals surface area contributed by atoms with Gasteiger partial charge in [-0.3, -0.25) is 4.68 Å². The largest absolute Gasteiger partial charge is 0.476 e. The molecule has 0 unspecified atom stereocenters. The Morgan fingerprint density at radius 1 is 1.55 bits per heavy atom. The van der Waals surface area contributed by atoms with Crippen LogP contribution in [-0.4, -0.2) is 46.0 Å². The van der Waals surface area contributed by atoms with Crippen LogP contribution in [0.2, 0.25) is 0 Å². The highest BCUT2D eigenvalue weighted by Gasteiger charge is 2.16. The first-order valence-electron chi connectivity index (χ1n) is 5.44. The molecule has 2 N–H and O–H groups in total. The molecule has 20 heavy (non-hydrogen) atoms. The molecule has 0 aromatic carbocycles. The summed E-state index contributed by atoms with van der Waals surface area (Å²) >= 11 is 1.07. The van der Waals surface area contributed by atoms with E-state index in [1.54, 1.807) is 6.92 Å². The van der Waals surface area contributed by atoms with Crippen LogP contribution >= 0.6 is 11.3 Å². The van der Waals surface area contributed by atoms with E-state index in [2.05, 4.69) is 20.0 Å². The zero-order valence-electron chi connectivity index (χ0n) is 10.3. The second kappa shape index (κ2) is 5.64. The highest BCUT2D eigenvalue weighted by molar-refractivity contribution is 7.91. The van der Waals surface area contributed by atoms with Crippen LogP contribution in [0.25, 0.3) is 0 Å². The first-order valence-corrected chi connectivity index (χ1v) is 7.74. The number of sulfonamides is 1. The van der Waals surface area contributed by atoms with E-state index in [0.29, 0.717) is 5.01 Å². The van der Waals surface area contributed by atoms with Gasteiger partial charge in [0.25, 0.3) is 10.0 Å². The number of aromatic nitrogens is 4. The normalized spacial score (nSPS) is 11.7. The lowest BCUT2D eigenvalue weighted by atomic mass is 10.5. The Morgan fingerprint density at radius 3 is 2.85 bits per heavy atom. The summed E-state index contributed by atoms with van der Waals surface area (Å²) in [4.78, 5) is 14.5. The van der Waals surface area contributed by atoms with E-state index in [0.717, 1.165) is 11.3 Å². The molecule has 0 radical (unpaired) electrons. The molecule has 0 saturated heterocycles. The van der Waals surface area contributed by atoms with Gasteiger partial charge >= 0.3 is 5.97 Å². The fourth-order valence-electron chi connectivity index (χ4n) is 1.34. The van der Waals surface area contributed by atoms with Crippen LogP contribution in [0.4, 0.5) is 0 Å². The minimum Gasteiger partial charge on any atom is -0.476 e. The van der Waals surface area contributed by atoms with E-state index in [1.807, 2.05) is 0 Å². The van der Waals surface area contributed by atoms with Crippen molar-refractivity contribution in [3.8, 4) is 0 Å². The van der Waals surface area contributed by atoms with Crippen molar-refractivity contribution >= 4 is 27.3 Å². The number of carbonyl (C=O) groups is 1. The molecule has 0 aliphatic carbocycles. The molecule has 0 saturated carbocycles. The van der Waals surface area contributed by atoms with Crippen molar-refractivity contribution < 1.29 is 18.3 Å². The average molecular weight is 317 g/mol. The molecule has 0 bridgehead atoms. The summed E-state index contributed by atoms with van der Waals surface area (Å²) in [6.07, 6.45) is 2.52. The SMILES string of the molecule is Cc1ncc(S(=O)(=O)NCCn2cc(C(=O)O)nn2)s1. The van der Waals surface area contributed by atoms with E-state index < -0.39 is 16.0 Å². The van der Waals surface area contributed by atoms with E-state index in [-0.39, 0.29) is 23.0 Å². The predicted octanol–water partition coefficient (Wildman–Crippen LogP) is -0.280. The first-order chi connectivity index (χ1) is 9.38. The van der Waals surface area contributed by atoms with Gasteiger partial charge in [-0.2, -0.15) is 0 Å². The monoisotopic (exact) mass is 317 g/mol. The smallest absolute Gasteiger partial charge is 0.358 e. The number of nitrogens with one attached hydrogen (secondary N) is 1. The van der Waals surface area contributed by atoms with Crippen LogP contribution in [0.3, 0.4) is 0 Å². The van der Waals surface area contributed by atoms with Crippen molar-refractivity contribution in [1.29, 1.82) is 0 Å². The van der Waals surface area contributed by atoms with Gasteiger partial charge in [0.05, 0.1) is 23.9 Å². The van der Waals surface area contributed by atoms with Crippen LogP contribution in [-0.2, 0) is 16.6 Å². The lowest BCUT2D eigenvalue weighted by molar-refractivity contribution is 0.0690. The number of aryl methyl sites for hydroxylation is 1. The minimum absolute atomic E-state index is 0.0711. The molecule has 0 atom stereocenters. The molecule has 9 nitrogen and oxygen atoms in total. The standard InChI is InChI=1S/C9H11N5O4S2/c1-6-10-4-8(19-6)20(17,18)11-2-3-14-5-7(9(15)16)12-13-14/h4-5,11H,2-3H2,1H3,(H,15,16).